The molecule has 0 saturated carbocycles. The predicted molar refractivity (Wildman–Crippen MR) is 62.1 cm³/mol. The standard InChI is InChI=1S/C12H25NO2/c1-11(2)4-7-14-9-6-13-12(3)5-8-15-10-12/h11,13H,4-10H2,1-3H3. The van der Waals surface area contributed by atoms with Crippen LogP contribution in [-0.2, 0) is 9.47 Å². The van der Waals surface area contributed by atoms with Crippen molar-refractivity contribution < 1.29 is 9.47 Å². The summed E-state index contributed by atoms with van der Waals surface area (Å²) in [5.74, 6) is 0.735. The van der Waals surface area contributed by atoms with Crippen LogP contribution in [0.5, 0.6) is 0 Å². The number of nitrogens with one attached hydrogen (secondary N) is 1. The molecule has 15 heavy (non-hydrogen) atoms. The molecule has 0 aromatic heterocycles. The fourth-order valence-electron chi connectivity index (χ4n) is 1.65. The SMILES string of the molecule is CC(C)CCOCCNC1(C)CCOC1. The van der Waals surface area contributed by atoms with E-state index < -0.39 is 0 Å². The molecule has 1 rings (SSSR count). The van der Waals surface area contributed by atoms with Crippen molar-refractivity contribution in [3.05, 3.63) is 0 Å². The summed E-state index contributed by atoms with van der Waals surface area (Å²) in [6, 6.07) is 0. The van der Waals surface area contributed by atoms with Crippen LogP contribution in [0.3, 0.4) is 0 Å². The molecule has 1 N–H and O–H groups in total. The van der Waals surface area contributed by atoms with E-state index in [9.17, 15) is 0 Å². The minimum absolute atomic E-state index is 0.182. The minimum atomic E-state index is 0.182. The maximum absolute atomic E-state index is 5.55. The van der Waals surface area contributed by atoms with Crippen LogP contribution in [-0.4, -0.2) is 38.5 Å². The molecule has 1 fully saturated rings. The van der Waals surface area contributed by atoms with Gasteiger partial charge in [-0.1, -0.05) is 13.8 Å². The molecular formula is C12H25NO2. The number of hydrogen-bond donors (Lipinski definition) is 1. The van der Waals surface area contributed by atoms with Crippen molar-refractivity contribution in [1.29, 1.82) is 0 Å². The van der Waals surface area contributed by atoms with Crippen molar-refractivity contribution in [1.82, 2.24) is 5.32 Å². The first kappa shape index (κ1) is 12.9. The summed E-state index contributed by atoms with van der Waals surface area (Å²) in [5, 5.41) is 3.50. The molecule has 0 bridgehead atoms. The lowest BCUT2D eigenvalue weighted by Crippen LogP contribution is -2.44. The predicted octanol–water partition coefficient (Wildman–Crippen LogP) is 1.82. The van der Waals surface area contributed by atoms with Crippen LogP contribution >= 0.6 is 0 Å². The van der Waals surface area contributed by atoms with E-state index in [0.29, 0.717) is 0 Å². The summed E-state index contributed by atoms with van der Waals surface area (Å²) in [4.78, 5) is 0. The Morgan fingerprint density at radius 3 is 2.80 bits per heavy atom. The average Bonchev–Trinajstić information content (AvgIpc) is 2.58. The highest BCUT2D eigenvalue weighted by Gasteiger charge is 2.28. The molecule has 3 nitrogen and oxygen atoms in total. The summed E-state index contributed by atoms with van der Waals surface area (Å²) in [6.07, 6.45) is 2.26. The van der Waals surface area contributed by atoms with Gasteiger partial charge in [-0.2, -0.15) is 0 Å². The lowest BCUT2D eigenvalue weighted by molar-refractivity contribution is 0.115. The van der Waals surface area contributed by atoms with Gasteiger partial charge in [-0.25, -0.2) is 0 Å². The van der Waals surface area contributed by atoms with E-state index in [-0.39, 0.29) is 5.54 Å². The molecule has 90 valence electrons. The monoisotopic (exact) mass is 215 g/mol. The van der Waals surface area contributed by atoms with Gasteiger partial charge in [0.15, 0.2) is 0 Å². The van der Waals surface area contributed by atoms with Crippen molar-refractivity contribution in [3.63, 3.8) is 0 Å². The van der Waals surface area contributed by atoms with Gasteiger partial charge in [-0.3, -0.25) is 0 Å². The first-order chi connectivity index (χ1) is 7.12. The van der Waals surface area contributed by atoms with Gasteiger partial charge in [-0.15, -0.1) is 0 Å². The van der Waals surface area contributed by atoms with Gasteiger partial charge in [-0.05, 0) is 25.7 Å². The van der Waals surface area contributed by atoms with Gasteiger partial charge in [0.1, 0.15) is 0 Å². The highest BCUT2D eigenvalue weighted by molar-refractivity contribution is 4.86. The first-order valence-corrected chi connectivity index (χ1v) is 6.03. The van der Waals surface area contributed by atoms with Crippen LogP contribution in [0.25, 0.3) is 0 Å². The molecule has 1 unspecified atom stereocenters. The van der Waals surface area contributed by atoms with Crippen LogP contribution in [0.15, 0.2) is 0 Å². The smallest absolute Gasteiger partial charge is 0.0646 e. The second-order valence-electron chi connectivity index (χ2n) is 5.08. The zero-order valence-corrected chi connectivity index (χ0v) is 10.3. The molecule has 1 heterocycles. The highest BCUT2D eigenvalue weighted by atomic mass is 16.5. The molecule has 3 heteroatoms. The van der Waals surface area contributed by atoms with E-state index in [1.165, 1.54) is 0 Å². The summed E-state index contributed by atoms with van der Waals surface area (Å²) >= 11 is 0. The quantitative estimate of drug-likeness (QED) is 0.657. The van der Waals surface area contributed by atoms with Crippen LogP contribution in [0.2, 0.25) is 0 Å². The second-order valence-corrected chi connectivity index (χ2v) is 5.08. The van der Waals surface area contributed by atoms with Crippen molar-refractivity contribution >= 4 is 0 Å². The largest absolute Gasteiger partial charge is 0.380 e. The van der Waals surface area contributed by atoms with Gasteiger partial charge < -0.3 is 14.8 Å². The van der Waals surface area contributed by atoms with Gasteiger partial charge >= 0.3 is 0 Å². The molecule has 0 aliphatic carbocycles. The van der Waals surface area contributed by atoms with E-state index in [1.807, 2.05) is 0 Å². The highest BCUT2D eigenvalue weighted by Crippen LogP contribution is 2.16. The molecule has 0 aromatic carbocycles. The van der Waals surface area contributed by atoms with Crippen LogP contribution < -0.4 is 5.32 Å². The Morgan fingerprint density at radius 2 is 2.20 bits per heavy atom. The Morgan fingerprint density at radius 1 is 1.40 bits per heavy atom. The minimum Gasteiger partial charge on any atom is -0.380 e. The normalized spacial score (nSPS) is 26.4. The number of hydrogen-bond acceptors (Lipinski definition) is 3. The van der Waals surface area contributed by atoms with Crippen LogP contribution in [0.4, 0.5) is 0 Å². The maximum Gasteiger partial charge on any atom is 0.0646 e. The summed E-state index contributed by atoms with van der Waals surface area (Å²) in [7, 11) is 0. The third-order valence-electron chi connectivity index (χ3n) is 2.86. The lowest BCUT2D eigenvalue weighted by Gasteiger charge is -2.23. The van der Waals surface area contributed by atoms with Crippen molar-refractivity contribution in [2.45, 2.75) is 39.2 Å². The van der Waals surface area contributed by atoms with Crippen LogP contribution in [0, 0.1) is 5.92 Å². The van der Waals surface area contributed by atoms with Crippen molar-refractivity contribution in [3.8, 4) is 0 Å². The molecule has 1 saturated heterocycles. The van der Waals surface area contributed by atoms with Crippen molar-refractivity contribution in [2.75, 3.05) is 33.0 Å². The summed E-state index contributed by atoms with van der Waals surface area (Å²) < 4.78 is 10.9. The van der Waals surface area contributed by atoms with Gasteiger partial charge in [0, 0.05) is 25.3 Å². The molecule has 1 aliphatic heterocycles. The Labute approximate surface area is 93.5 Å². The zero-order valence-electron chi connectivity index (χ0n) is 10.3. The van der Waals surface area contributed by atoms with Gasteiger partial charge in [0.2, 0.25) is 0 Å². The topological polar surface area (TPSA) is 30.5 Å². The molecule has 0 amide bonds. The zero-order chi connectivity index (χ0) is 11.1. The Kier molecular flexibility index (Phi) is 5.58. The Bertz CT molecular complexity index is 165. The molecule has 1 aliphatic rings. The van der Waals surface area contributed by atoms with E-state index in [1.54, 1.807) is 0 Å². The van der Waals surface area contributed by atoms with Crippen molar-refractivity contribution in [2.24, 2.45) is 5.92 Å². The fourth-order valence-corrected chi connectivity index (χ4v) is 1.65. The molecule has 1 atom stereocenters. The number of rotatable bonds is 7. The van der Waals surface area contributed by atoms with E-state index in [0.717, 1.165) is 51.7 Å². The summed E-state index contributed by atoms with van der Waals surface area (Å²) in [5.41, 5.74) is 0.182. The third-order valence-corrected chi connectivity index (χ3v) is 2.86. The van der Waals surface area contributed by atoms with E-state index in [4.69, 9.17) is 9.47 Å². The Hall–Kier alpha value is -0.120. The molecule has 0 aromatic rings. The van der Waals surface area contributed by atoms with Gasteiger partial charge in [0.25, 0.3) is 0 Å². The fraction of sp³-hybridized carbons (Fsp3) is 1.00. The first-order valence-electron chi connectivity index (χ1n) is 6.03. The van der Waals surface area contributed by atoms with Gasteiger partial charge in [0.05, 0.1) is 13.2 Å². The average molecular weight is 215 g/mol. The second kappa shape index (κ2) is 6.46. The summed E-state index contributed by atoms with van der Waals surface area (Å²) in [6.45, 7) is 11.0. The third kappa shape index (κ3) is 5.50. The Balaban J connectivity index is 1.92. The number of ether oxygens (including phenoxy) is 2. The van der Waals surface area contributed by atoms with E-state index >= 15 is 0 Å². The lowest BCUT2D eigenvalue weighted by atomic mass is 10.0. The molecular weight excluding hydrogens is 190 g/mol. The maximum atomic E-state index is 5.55. The molecule has 0 spiro atoms. The van der Waals surface area contributed by atoms with E-state index in [2.05, 4.69) is 26.1 Å². The van der Waals surface area contributed by atoms with Crippen LogP contribution in [0.1, 0.15) is 33.6 Å². The molecule has 0 radical (unpaired) electrons.